The van der Waals surface area contributed by atoms with Gasteiger partial charge < -0.3 is 45.7 Å². The second kappa shape index (κ2) is 89.3. The molecule has 9 rings (SSSR count). The Morgan fingerprint density at radius 3 is 1.14 bits per heavy atom. The predicted octanol–water partition coefficient (Wildman–Crippen LogP) is 20.6. The van der Waals surface area contributed by atoms with Gasteiger partial charge in [0.25, 0.3) is 0 Å². The van der Waals surface area contributed by atoms with Gasteiger partial charge >= 0.3 is 0 Å². The molecule has 0 aromatic carbocycles. The summed E-state index contributed by atoms with van der Waals surface area (Å²) in [6, 6.07) is 2.94. The predicted molar refractivity (Wildman–Crippen MR) is 440 cm³/mol. The van der Waals surface area contributed by atoms with Crippen LogP contribution in [0.1, 0.15) is 313 Å². The molecule has 9 saturated heterocycles. The molecule has 0 aliphatic carbocycles. The van der Waals surface area contributed by atoms with E-state index >= 15 is 0 Å². The molecule has 9 aliphatic heterocycles. The fraction of sp³-hybridized carbons (Fsp3) is 1.00. The fourth-order valence-electron chi connectivity index (χ4n) is 10.1. The Morgan fingerprint density at radius 1 is 0.362 bits per heavy atom. The van der Waals surface area contributed by atoms with Crippen molar-refractivity contribution in [2.75, 3.05) is 110 Å². The first-order valence-electron chi connectivity index (χ1n) is 40.7. The van der Waals surface area contributed by atoms with Gasteiger partial charge in [-0.1, -0.05) is 248 Å². The van der Waals surface area contributed by atoms with Crippen LogP contribution >= 0.6 is 23.5 Å². The van der Waals surface area contributed by atoms with E-state index in [9.17, 15) is 0 Å². The van der Waals surface area contributed by atoms with Crippen LogP contribution in [0.4, 0.5) is 0 Å². The van der Waals surface area contributed by atoms with E-state index < -0.39 is 0 Å². The van der Waals surface area contributed by atoms with Crippen LogP contribution in [0.2, 0.25) is 0 Å². The molecular weight excluding hydrogens is 1200 g/mol. The highest BCUT2D eigenvalue weighted by Crippen LogP contribution is 2.23. The summed E-state index contributed by atoms with van der Waals surface area (Å²) in [5, 5.41) is 27.5. The lowest BCUT2D eigenvalue weighted by atomic mass is 9.87. The molecule has 12 nitrogen and oxygen atoms in total. The molecule has 0 aromatic rings. The Hall–Kier alpha value is 0.220. The molecule has 14 heteroatoms. The molecule has 7 unspecified atom stereocenters. The number of hydrogen-bond donors (Lipinski definition) is 8. The molecule has 9 fully saturated rings. The summed E-state index contributed by atoms with van der Waals surface area (Å²) in [4.78, 5) is 2.56. The molecular formula is C80H187N9O3S2. The summed E-state index contributed by atoms with van der Waals surface area (Å²) in [7, 11) is 0. The van der Waals surface area contributed by atoms with Crippen LogP contribution in [0.3, 0.4) is 0 Å². The third-order valence-corrected chi connectivity index (χ3v) is 18.8. The Bertz CT molecular complexity index is 1030. The highest BCUT2D eigenvalue weighted by Gasteiger charge is 2.22. The smallest absolute Gasteiger partial charge is 0.110 e. The lowest BCUT2D eigenvalue weighted by Crippen LogP contribution is -2.37. The number of ether oxygens (including phenoxy) is 3. The van der Waals surface area contributed by atoms with E-state index in [1.165, 1.54) is 122 Å². The molecule has 7 atom stereocenters. The van der Waals surface area contributed by atoms with Gasteiger partial charge in [-0.15, -0.1) is 23.5 Å². The second-order valence-electron chi connectivity index (χ2n) is 25.9. The van der Waals surface area contributed by atoms with E-state index in [2.05, 4.69) is 172 Å². The molecule has 9 heterocycles. The summed E-state index contributed by atoms with van der Waals surface area (Å²) < 4.78 is 15.7. The molecule has 0 radical (unpaired) electrons. The molecule has 9 aliphatic rings. The van der Waals surface area contributed by atoms with Crippen LogP contribution in [0.15, 0.2) is 0 Å². The van der Waals surface area contributed by atoms with E-state index in [1.807, 2.05) is 148 Å². The minimum Gasteiger partial charge on any atom is -0.365 e. The maximum absolute atomic E-state index is 5.30. The van der Waals surface area contributed by atoms with Crippen molar-refractivity contribution < 1.29 is 14.2 Å². The first-order chi connectivity index (χ1) is 45.2. The SMILES string of the molecule is CC.CC.CC.CC.CC.CC.CC.CC.CC.CC(C)C1CCCCN1.CC(C)C1CCCNC1.CC(C)C1CCNCC1.CC(C)C1CNCO1.CC(C)C1CNCS1.CC(C)C1COCN1.CC(C)C1CSCN1.CC(C)C1NCCO1.CC(C)N1CCCCC1. The summed E-state index contributed by atoms with van der Waals surface area (Å²) in [5.41, 5.74) is 0. The van der Waals surface area contributed by atoms with Crippen molar-refractivity contribution in [3.63, 3.8) is 0 Å². The molecule has 0 aromatic heterocycles. The summed E-state index contributed by atoms with van der Waals surface area (Å²) in [6.07, 6.45) is 14.8. The van der Waals surface area contributed by atoms with Crippen LogP contribution in [-0.4, -0.2) is 156 Å². The Morgan fingerprint density at radius 2 is 0.904 bits per heavy atom. The monoisotopic (exact) mass is 1390 g/mol. The topological polar surface area (TPSA) is 127 Å². The Kier molecular flexibility index (Phi) is 107. The molecule has 0 bridgehead atoms. The number of likely N-dealkylation sites (tertiary alicyclic amines) is 1. The largest absolute Gasteiger partial charge is 0.365 e. The number of nitrogens with zero attached hydrogens (tertiary/aromatic N) is 1. The van der Waals surface area contributed by atoms with Crippen molar-refractivity contribution >= 4 is 23.5 Å². The number of nitrogens with one attached hydrogen (secondary N) is 8. The zero-order valence-electron chi connectivity index (χ0n) is 71.4. The van der Waals surface area contributed by atoms with Crippen molar-refractivity contribution in [2.45, 2.75) is 355 Å². The maximum atomic E-state index is 5.30. The van der Waals surface area contributed by atoms with Gasteiger partial charge in [-0.25, -0.2) is 0 Å². The minimum atomic E-state index is 0.315. The normalized spacial score (nSPS) is 23.1. The van der Waals surface area contributed by atoms with Gasteiger partial charge in [-0.05, 0) is 170 Å². The highest BCUT2D eigenvalue weighted by atomic mass is 32.2. The van der Waals surface area contributed by atoms with E-state index in [-0.39, 0.29) is 0 Å². The molecule has 94 heavy (non-hydrogen) atoms. The average Bonchev–Trinajstić information content (AvgIpc) is 4.41. The van der Waals surface area contributed by atoms with Crippen molar-refractivity contribution in [3.05, 3.63) is 0 Å². The van der Waals surface area contributed by atoms with Gasteiger partial charge in [0.1, 0.15) is 6.23 Å². The summed E-state index contributed by atoms with van der Waals surface area (Å²) in [6.45, 7) is 92.0. The first-order valence-corrected chi connectivity index (χ1v) is 43.0. The third-order valence-electron chi connectivity index (χ3n) is 16.3. The Labute approximate surface area is 605 Å². The van der Waals surface area contributed by atoms with Gasteiger partial charge in [-0.2, -0.15) is 0 Å². The molecule has 8 N–H and O–H groups in total. The first kappa shape index (κ1) is 113. The zero-order chi connectivity index (χ0) is 74.7. The molecule has 582 valence electrons. The lowest BCUT2D eigenvalue weighted by molar-refractivity contribution is 0.0650. The minimum absolute atomic E-state index is 0.315. The van der Waals surface area contributed by atoms with Crippen molar-refractivity contribution in [3.8, 4) is 0 Å². The number of thioether (sulfide) groups is 2. The van der Waals surface area contributed by atoms with Crippen LogP contribution in [0.5, 0.6) is 0 Å². The van der Waals surface area contributed by atoms with Crippen LogP contribution in [-0.2, 0) is 14.2 Å². The number of hydrogen-bond acceptors (Lipinski definition) is 14. The average molecular weight is 1390 g/mol. The Balaban J connectivity index is -0.000000120. The lowest BCUT2D eigenvalue weighted by Gasteiger charge is -2.29. The zero-order valence-corrected chi connectivity index (χ0v) is 73.0. The van der Waals surface area contributed by atoms with Crippen molar-refractivity contribution in [1.29, 1.82) is 0 Å². The number of piperidine rings is 4. The van der Waals surface area contributed by atoms with E-state index in [1.54, 1.807) is 0 Å². The molecule has 0 amide bonds. The maximum Gasteiger partial charge on any atom is 0.110 e. The van der Waals surface area contributed by atoms with E-state index in [0.29, 0.717) is 36.1 Å². The highest BCUT2D eigenvalue weighted by molar-refractivity contribution is 8.00. The van der Waals surface area contributed by atoms with Crippen LogP contribution in [0.25, 0.3) is 0 Å². The molecule has 0 spiro atoms. The van der Waals surface area contributed by atoms with Gasteiger partial charge in [0, 0.05) is 66.6 Å². The molecule has 0 saturated carbocycles. The van der Waals surface area contributed by atoms with E-state index in [0.717, 1.165) is 116 Å². The van der Waals surface area contributed by atoms with Gasteiger partial charge in [-0.3, -0.25) is 16.0 Å². The van der Waals surface area contributed by atoms with Gasteiger partial charge in [0.15, 0.2) is 0 Å². The van der Waals surface area contributed by atoms with E-state index in [4.69, 9.17) is 14.2 Å². The van der Waals surface area contributed by atoms with Crippen LogP contribution < -0.4 is 42.5 Å². The fourth-order valence-corrected chi connectivity index (χ4v) is 12.4. The van der Waals surface area contributed by atoms with Gasteiger partial charge in [0.05, 0.1) is 32.8 Å². The summed E-state index contributed by atoms with van der Waals surface area (Å²) in [5.74, 6) is 11.8. The third kappa shape index (κ3) is 72.0. The number of rotatable bonds is 9. The van der Waals surface area contributed by atoms with Crippen LogP contribution in [0, 0.1) is 59.2 Å². The summed E-state index contributed by atoms with van der Waals surface area (Å²) >= 11 is 4.04. The van der Waals surface area contributed by atoms with Crippen molar-refractivity contribution in [1.82, 2.24) is 47.4 Å². The standard InChI is InChI=1S/4C8H17N.3C6H13NO.2C6H13NS.9C2H6/c1-7(2)8-3-5-9-6-4-8;1-7(2)8-4-3-5-9-6-8;1-8(2)9-6-4-3-5-7-9;1-7(2)8-5-3-4-6-9-8;1-5(2)6-3-8-4-7-6;1-5(2)6-3-7-4-8-6;1-5(2)6-7-3-4-8-6;1-5(2)6-3-8-4-7-6;1-5(2)6-3-7-4-8-6;9*1-2/h2*7-9H,3-6H2,1-2H3;8H,3-7H2,1-2H3;7-9H,3-6H2,1-2H3;5*5-7H,3-4H2,1-2H3;9*1-2H3. The van der Waals surface area contributed by atoms with Gasteiger partial charge in [0.2, 0.25) is 0 Å². The second-order valence-corrected chi connectivity index (χ2v) is 28.2. The van der Waals surface area contributed by atoms with Crippen molar-refractivity contribution in [2.24, 2.45) is 59.2 Å². The quantitative estimate of drug-likeness (QED) is 0.112.